The van der Waals surface area contributed by atoms with E-state index in [2.05, 4.69) is 15.5 Å². The second-order valence-corrected chi connectivity index (χ2v) is 5.25. The quantitative estimate of drug-likeness (QED) is 0.724. The summed E-state index contributed by atoms with van der Waals surface area (Å²) in [7, 11) is 0. The molecule has 0 radical (unpaired) electrons. The molecule has 6 heteroatoms. The fourth-order valence-electron chi connectivity index (χ4n) is 2.02. The third-order valence-corrected chi connectivity index (χ3v) is 3.01. The zero-order valence-corrected chi connectivity index (χ0v) is 12.0. The highest BCUT2D eigenvalue weighted by Gasteiger charge is 2.21. The molecule has 1 heterocycles. The van der Waals surface area contributed by atoms with Crippen molar-refractivity contribution < 1.29 is 9.53 Å². The molecule has 0 saturated carbocycles. The molecule has 1 aromatic carbocycles. The van der Waals surface area contributed by atoms with E-state index in [-0.39, 0.29) is 5.91 Å². The molecule has 108 valence electrons. The number of rotatable bonds is 5. The second kappa shape index (κ2) is 5.50. The molecule has 0 spiro atoms. The van der Waals surface area contributed by atoms with Crippen LogP contribution in [0.5, 0.6) is 0 Å². The number of ether oxygens (including phenoxy) is 1. The van der Waals surface area contributed by atoms with Gasteiger partial charge in [0.2, 0.25) is 0 Å². The highest BCUT2D eigenvalue weighted by molar-refractivity contribution is 6.05. The topological polar surface area (TPSA) is 93.0 Å². The van der Waals surface area contributed by atoms with Crippen LogP contribution in [0.1, 0.15) is 31.3 Å². The molecule has 20 heavy (non-hydrogen) atoms. The van der Waals surface area contributed by atoms with Crippen molar-refractivity contribution in [3.63, 3.8) is 0 Å². The van der Waals surface area contributed by atoms with Gasteiger partial charge in [-0.05, 0) is 39.0 Å². The average molecular weight is 276 g/mol. The predicted molar refractivity (Wildman–Crippen MR) is 78.5 cm³/mol. The van der Waals surface area contributed by atoms with Crippen LogP contribution in [0.2, 0.25) is 0 Å². The van der Waals surface area contributed by atoms with E-state index in [4.69, 9.17) is 10.5 Å². The van der Waals surface area contributed by atoms with E-state index >= 15 is 0 Å². The van der Waals surface area contributed by atoms with Gasteiger partial charge in [0, 0.05) is 24.2 Å². The van der Waals surface area contributed by atoms with Crippen molar-refractivity contribution in [3.05, 3.63) is 23.9 Å². The molecule has 1 amide bonds. The Morgan fingerprint density at radius 1 is 1.50 bits per heavy atom. The highest BCUT2D eigenvalue weighted by Crippen LogP contribution is 2.19. The van der Waals surface area contributed by atoms with Crippen LogP contribution >= 0.6 is 0 Å². The molecule has 0 aliphatic heterocycles. The molecular formula is C14H20N4O2. The maximum absolute atomic E-state index is 12.2. The normalized spacial score (nSPS) is 11.8. The number of nitrogens with one attached hydrogen (secondary N) is 2. The van der Waals surface area contributed by atoms with Gasteiger partial charge in [-0.15, -0.1) is 0 Å². The molecule has 0 aliphatic carbocycles. The molecule has 2 rings (SSSR count). The maximum atomic E-state index is 12.2. The zero-order chi connectivity index (χ0) is 14.8. The fraction of sp³-hybridized carbons (Fsp3) is 0.429. The van der Waals surface area contributed by atoms with Crippen molar-refractivity contribution in [2.75, 3.05) is 18.9 Å². The predicted octanol–water partition coefficient (Wildman–Crippen LogP) is 1.69. The first kappa shape index (κ1) is 14.3. The van der Waals surface area contributed by atoms with Gasteiger partial charge >= 0.3 is 0 Å². The Morgan fingerprint density at radius 2 is 2.25 bits per heavy atom. The number of anilines is 1. The molecule has 6 nitrogen and oxygen atoms in total. The number of fused-ring (bicyclic) bond motifs is 1. The van der Waals surface area contributed by atoms with Crippen LogP contribution in [0.4, 0.5) is 5.69 Å². The number of hydrogen-bond acceptors (Lipinski definition) is 4. The Bertz CT molecular complexity index is 619. The van der Waals surface area contributed by atoms with E-state index in [1.807, 2.05) is 20.8 Å². The van der Waals surface area contributed by atoms with Gasteiger partial charge in [0.25, 0.3) is 5.91 Å². The summed E-state index contributed by atoms with van der Waals surface area (Å²) < 4.78 is 5.54. The number of nitrogens with zero attached hydrogens (tertiary/aromatic N) is 1. The number of aromatic amines is 1. The van der Waals surface area contributed by atoms with Gasteiger partial charge < -0.3 is 15.8 Å². The molecule has 0 unspecified atom stereocenters. The first-order chi connectivity index (χ1) is 9.43. The minimum Gasteiger partial charge on any atom is -0.399 e. The molecule has 0 saturated heterocycles. The number of hydrogen-bond donors (Lipinski definition) is 3. The van der Waals surface area contributed by atoms with E-state index in [1.165, 1.54) is 0 Å². The van der Waals surface area contributed by atoms with Crippen molar-refractivity contribution in [1.82, 2.24) is 15.5 Å². The highest BCUT2D eigenvalue weighted by atomic mass is 16.5. The lowest BCUT2D eigenvalue weighted by molar-refractivity contribution is -0.00817. The van der Waals surface area contributed by atoms with E-state index in [1.54, 1.807) is 18.2 Å². The van der Waals surface area contributed by atoms with E-state index < -0.39 is 5.60 Å². The number of amides is 1. The monoisotopic (exact) mass is 276 g/mol. The van der Waals surface area contributed by atoms with Crippen LogP contribution in [0.25, 0.3) is 10.9 Å². The number of H-pyrrole nitrogens is 1. The first-order valence-corrected chi connectivity index (χ1v) is 6.59. The van der Waals surface area contributed by atoms with Crippen LogP contribution in [-0.4, -0.2) is 34.9 Å². The molecular weight excluding hydrogens is 256 g/mol. The average Bonchev–Trinajstić information content (AvgIpc) is 2.79. The van der Waals surface area contributed by atoms with Crippen molar-refractivity contribution in [2.24, 2.45) is 0 Å². The lowest BCUT2D eigenvalue weighted by Crippen LogP contribution is -2.40. The Hall–Kier alpha value is -2.08. The van der Waals surface area contributed by atoms with Crippen LogP contribution in [0, 0.1) is 0 Å². The van der Waals surface area contributed by atoms with Gasteiger partial charge in [-0.25, -0.2) is 0 Å². The maximum Gasteiger partial charge on any atom is 0.272 e. The minimum atomic E-state index is -0.407. The van der Waals surface area contributed by atoms with Crippen LogP contribution in [-0.2, 0) is 4.74 Å². The van der Waals surface area contributed by atoms with Gasteiger partial charge in [-0.3, -0.25) is 9.89 Å². The lowest BCUT2D eigenvalue weighted by Gasteiger charge is -2.24. The minimum absolute atomic E-state index is 0.241. The molecule has 0 atom stereocenters. The molecule has 0 aliphatic rings. The lowest BCUT2D eigenvalue weighted by atomic mass is 10.1. The van der Waals surface area contributed by atoms with Gasteiger partial charge in [0.05, 0.1) is 11.1 Å². The van der Waals surface area contributed by atoms with Crippen LogP contribution in [0.15, 0.2) is 18.2 Å². The van der Waals surface area contributed by atoms with Crippen LogP contribution < -0.4 is 11.1 Å². The molecule has 0 fully saturated rings. The van der Waals surface area contributed by atoms with Crippen molar-refractivity contribution in [2.45, 2.75) is 26.4 Å². The van der Waals surface area contributed by atoms with E-state index in [0.29, 0.717) is 24.5 Å². The van der Waals surface area contributed by atoms with E-state index in [9.17, 15) is 4.79 Å². The molecule has 4 N–H and O–H groups in total. The van der Waals surface area contributed by atoms with Gasteiger partial charge in [0.15, 0.2) is 5.69 Å². The van der Waals surface area contributed by atoms with E-state index in [0.717, 1.165) is 10.9 Å². The van der Waals surface area contributed by atoms with Gasteiger partial charge in [0.1, 0.15) is 0 Å². The Kier molecular flexibility index (Phi) is 3.94. The number of nitrogens with two attached hydrogens (primary N) is 1. The first-order valence-electron chi connectivity index (χ1n) is 6.59. The summed E-state index contributed by atoms with van der Waals surface area (Å²) in [6.07, 6.45) is 0. The Labute approximate surface area is 117 Å². The summed E-state index contributed by atoms with van der Waals surface area (Å²) in [6.45, 7) is 6.80. The third-order valence-electron chi connectivity index (χ3n) is 3.01. The standard InChI is InChI=1S/C14H20N4O2/c1-4-20-14(2,3)8-16-13(19)12-10-7-9(15)5-6-11(10)17-18-12/h5-7H,4,8,15H2,1-3H3,(H,16,19)(H,17,18). The third kappa shape index (κ3) is 3.08. The number of aromatic nitrogens is 2. The van der Waals surface area contributed by atoms with Crippen molar-refractivity contribution in [1.29, 1.82) is 0 Å². The number of carbonyl (C=O) groups excluding carboxylic acids is 1. The van der Waals surface area contributed by atoms with Crippen molar-refractivity contribution in [3.8, 4) is 0 Å². The molecule has 0 bridgehead atoms. The van der Waals surface area contributed by atoms with Crippen LogP contribution in [0.3, 0.4) is 0 Å². The Balaban J connectivity index is 2.14. The number of nitrogen functional groups attached to an aromatic ring is 1. The van der Waals surface area contributed by atoms with Crippen molar-refractivity contribution >= 4 is 22.5 Å². The largest absolute Gasteiger partial charge is 0.399 e. The summed E-state index contributed by atoms with van der Waals surface area (Å²) in [6, 6.07) is 5.31. The zero-order valence-electron chi connectivity index (χ0n) is 12.0. The Morgan fingerprint density at radius 3 is 2.95 bits per heavy atom. The molecule has 1 aromatic heterocycles. The second-order valence-electron chi connectivity index (χ2n) is 5.25. The summed E-state index contributed by atoms with van der Waals surface area (Å²) in [5.74, 6) is -0.241. The summed E-state index contributed by atoms with van der Waals surface area (Å²) in [4.78, 5) is 12.2. The fourth-order valence-corrected chi connectivity index (χ4v) is 2.02. The van der Waals surface area contributed by atoms with Gasteiger partial charge in [-0.2, -0.15) is 5.10 Å². The molecule has 2 aromatic rings. The number of carbonyl (C=O) groups is 1. The van der Waals surface area contributed by atoms with Gasteiger partial charge in [-0.1, -0.05) is 0 Å². The summed E-state index contributed by atoms with van der Waals surface area (Å²) >= 11 is 0. The summed E-state index contributed by atoms with van der Waals surface area (Å²) in [5, 5.41) is 10.4. The number of benzene rings is 1. The smallest absolute Gasteiger partial charge is 0.272 e. The summed E-state index contributed by atoms with van der Waals surface area (Å²) in [5.41, 5.74) is 7.07. The SMILES string of the molecule is CCOC(C)(C)CNC(=O)c1n[nH]c2ccc(N)cc12.